The second-order valence-electron chi connectivity index (χ2n) is 5.25. The zero-order chi connectivity index (χ0) is 17.9. The highest BCUT2D eigenvalue weighted by molar-refractivity contribution is 7.89. The van der Waals surface area contributed by atoms with Crippen molar-refractivity contribution in [2.75, 3.05) is 0 Å². The summed E-state index contributed by atoms with van der Waals surface area (Å²) in [5.74, 6) is -0.198. The maximum absolute atomic E-state index is 13.4. The summed E-state index contributed by atoms with van der Waals surface area (Å²) in [4.78, 5) is 4.07. The van der Waals surface area contributed by atoms with Crippen molar-refractivity contribution >= 4 is 21.6 Å². The van der Waals surface area contributed by atoms with Gasteiger partial charge in [-0.25, -0.2) is 12.8 Å². The fourth-order valence-corrected chi connectivity index (χ4v) is 3.91. The second-order valence-corrected chi connectivity index (χ2v) is 7.59. The van der Waals surface area contributed by atoms with Crippen LogP contribution in [0.15, 0.2) is 70.3 Å². The molecule has 130 valence electrons. The molecule has 3 rings (SSSR count). The number of pyridine rings is 1. The third-order valence-electron chi connectivity index (χ3n) is 3.51. The Kier molecular flexibility index (Phi) is 5.17. The summed E-state index contributed by atoms with van der Waals surface area (Å²) in [5, 5.41) is -0.253. The quantitative estimate of drug-likeness (QED) is 0.651. The molecule has 1 aromatic carbocycles. The van der Waals surface area contributed by atoms with Gasteiger partial charge in [0.05, 0.1) is 35.0 Å². The van der Waals surface area contributed by atoms with Gasteiger partial charge in [0.15, 0.2) is 0 Å². The van der Waals surface area contributed by atoms with Crippen LogP contribution >= 0.6 is 11.6 Å². The Hall–Kier alpha value is -2.22. The minimum Gasteiger partial charge on any atom is -0.468 e. The molecule has 8 heteroatoms. The average Bonchev–Trinajstić information content (AvgIpc) is 3.11. The van der Waals surface area contributed by atoms with E-state index in [9.17, 15) is 12.8 Å². The van der Waals surface area contributed by atoms with E-state index in [4.69, 9.17) is 16.0 Å². The molecule has 0 aliphatic carbocycles. The minimum absolute atomic E-state index is 0.0148. The lowest BCUT2D eigenvalue weighted by Gasteiger charge is -2.21. The summed E-state index contributed by atoms with van der Waals surface area (Å²) >= 11 is 5.74. The third-order valence-corrected chi connectivity index (χ3v) is 5.58. The van der Waals surface area contributed by atoms with E-state index in [1.807, 2.05) is 0 Å². The van der Waals surface area contributed by atoms with Crippen LogP contribution in [-0.2, 0) is 23.1 Å². The van der Waals surface area contributed by atoms with Crippen molar-refractivity contribution in [2.24, 2.45) is 0 Å². The van der Waals surface area contributed by atoms with E-state index in [0.717, 1.165) is 12.1 Å². The highest BCUT2D eigenvalue weighted by Crippen LogP contribution is 2.25. The van der Waals surface area contributed by atoms with Gasteiger partial charge in [0, 0.05) is 6.20 Å². The molecule has 0 fully saturated rings. The van der Waals surface area contributed by atoms with Gasteiger partial charge in [-0.1, -0.05) is 17.7 Å². The van der Waals surface area contributed by atoms with Crippen molar-refractivity contribution < 1.29 is 17.2 Å². The summed E-state index contributed by atoms with van der Waals surface area (Å²) < 4.78 is 45.8. The van der Waals surface area contributed by atoms with E-state index in [-0.39, 0.29) is 23.0 Å². The van der Waals surface area contributed by atoms with E-state index in [1.54, 1.807) is 36.5 Å². The zero-order valence-electron chi connectivity index (χ0n) is 13.0. The Labute approximate surface area is 149 Å². The fourth-order valence-electron chi connectivity index (χ4n) is 2.26. The molecule has 0 spiro atoms. The van der Waals surface area contributed by atoms with Crippen LogP contribution in [0.3, 0.4) is 0 Å². The van der Waals surface area contributed by atoms with Crippen molar-refractivity contribution in [3.8, 4) is 0 Å². The molecule has 2 aromatic heterocycles. The highest BCUT2D eigenvalue weighted by Gasteiger charge is 2.27. The van der Waals surface area contributed by atoms with Crippen LogP contribution in [0.25, 0.3) is 0 Å². The molecular formula is C17H14ClFN2O3S. The van der Waals surface area contributed by atoms with Crippen LogP contribution in [0, 0.1) is 5.82 Å². The van der Waals surface area contributed by atoms with Crippen LogP contribution in [0.2, 0.25) is 5.02 Å². The molecule has 0 N–H and O–H groups in total. The fraction of sp³-hybridized carbons (Fsp3) is 0.118. The lowest BCUT2D eigenvalue weighted by atomic mass is 10.3. The number of hydrogen-bond acceptors (Lipinski definition) is 4. The van der Waals surface area contributed by atoms with Crippen molar-refractivity contribution in [2.45, 2.75) is 18.0 Å². The lowest BCUT2D eigenvalue weighted by Crippen LogP contribution is -2.30. The first-order valence-electron chi connectivity index (χ1n) is 7.34. The summed E-state index contributed by atoms with van der Waals surface area (Å²) in [5.41, 5.74) is 0.575. The monoisotopic (exact) mass is 380 g/mol. The smallest absolute Gasteiger partial charge is 0.243 e. The summed E-state index contributed by atoms with van der Waals surface area (Å²) in [7, 11) is -3.93. The molecule has 2 heterocycles. The molecule has 0 saturated carbocycles. The Morgan fingerprint density at radius 2 is 1.96 bits per heavy atom. The van der Waals surface area contributed by atoms with Crippen LogP contribution in [0.5, 0.6) is 0 Å². The normalized spacial score (nSPS) is 11.8. The lowest BCUT2D eigenvalue weighted by molar-refractivity contribution is 0.355. The summed E-state index contributed by atoms with van der Waals surface area (Å²) in [6.45, 7) is 0.0553. The maximum Gasteiger partial charge on any atom is 0.243 e. The van der Waals surface area contributed by atoms with E-state index < -0.39 is 15.8 Å². The Morgan fingerprint density at radius 3 is 2.60 bits per heavy atom. The molecular weight excluding hydrogens is 367 g/mol. The predicted octanol–water partition coefficient (Wildman–Crippen LogP) is 3.86. The Bertz CT molecular complexity index is 947. The van der Waals surface area contributed by atoms with E-state index >= 15 is 0 Å². The van der Waals surface area contributed by atoms with Crippen molar-refractivity contribution in [3.05, 3.63) is 83.3 Å². The van der Waals surface area contributed by atoms with Crippen molar-refractivity contribution in [1.29, 1.82) is 0 Å². The molecule has 0 atom stereocenters. The van der Waals surface area contributed by atoms with Gasteiger partial charge in [0.25, 0.3) is 0 Å². The van der Waals surface area contributed by atoms with Gasteiger partial charge in [0.1, 0.15) is 11.6 Å². The first-order valence-corrected chi connectivity index (χ1v) is 9.16. The molecule has 0 saturated heterocycles. The van der Waals surface area contributed by atoms with Crippen molar-refractivity contribution in [3.63, 3.8) is 0 Å². The number of hydrogen-bond donors (Lipinski definition) is 0. The molecule has 0 aliphatic rings. The number of benzene rings is 1. The highest BCUT2D eigenvalue weighted by atomic mass is 35.5. The van der Waals surface area contributed by atoms with Crippen LogP contribution in [0.1, 0.15) is 11.5 Å². The summed E-state index contributed by atoms with van der Waals surface area (Å²) in [6.07, 6.45) is 3.05. The molecule has 0 radical (unpaired) electrons. The molecule has 0 aliphatic heterocycles. The van der Waals surface area contributed by atoms with Gasteiger partial charge < -0.3 is 4.42 Å². The zero-order valence-corrected chi connectivity index (χ0v) is 14.5. The van der Waals surface area contributed by atoms with E-state index in [1.165, 1.54) is 16.6 Å². The minimum atomic E-state index is -3.93. The topological polar surface area (TPSA) is 63.4 Å². The molecule has 5 nitrogen and oxygen atoms in total. The van der Waals surface area contributed by atoms with Gasteiger partial charge in [-0.15, -0.1) is 0 Å². The predicted molar refractivity (Wildman–Crippen MR) is 90.8 cm³/mol. The number of nitrogens with zero attached hydrogens (tertiary/aromatic N) is 2. The Morgan fingerprint density at radius 1 is 1.12 bits per heavy atom. The van der Waals surface area contributed by atoms with Gasteiger partial charge in [-0.2, -0.15) is 4.31 Å². The SMILES string of the molecule is O=S(=O)(c1ccc(F)c(Cl)c1)N(Cc1ccccn1)Cc1ccco1. The third kappa shape index (κ3) is 4.07. The molecule has 0 bridgehead atoms. The van der Waals surface area contributed by atoms with Gasteiger partial charge in [-0.3, -0.25) is 4.98 Å². The van der Waals surface area contributed by atoms with Crippen LogP contribution in [-0.4, -0.2) is 17.7 Å². The van der Waals surface area contributed by atoms with Crippen LogP contribution in [0.4, 0.5) is 4.39 Å². The largest absolute Gasteiger partial charge is 0.468 e. The number of aromatic nitrogens is 1. The first-order chi connectivity index (χ1) is 12.0. The van der Waals surface area contributed by atoms with Gasteiger partial charge >= 0.3 is 0 Å². The molecule has 25 heavy (non-hydrogen) atoms. The van der Waals surface area contributed by atoms with Gasteiger partial charge in [-0.05, 0) is 42.5 Å². The number of rotatable bonds is 6. The van der Waals surface area contributed by atoms with Crippen LogP contribution < -0.4 is 0 Å². The molecule has 0 amide bonds. The number of sulfonamides is 1. The standard InChI is InChI=1S/C17H14ClFN2O3S/c18-16-10-15(6-7-17(16)19)25(22,23)21(12-14-5-3-9-24-14)11-13-4-1-2-8-20-13/h1-10H,11-12H2. The Balaban J connectivity index is 1.97. The summed E-state index contributed by atoms with van der Waals surface area (Å²) in [6, 6.07) is 11.9. The van der Waals surface area contributed by atoms with E-state index in [0.29, 0.717) is 11.5 Å². The number of halogens is 2. The van der Waals surface area contributed by atoms with Gasteiger partial charge in [0.2, 0.25) is 10.0 Å². The molecule has 0 unspecified atom stereocenters. The van der Waals surface area contributed by atoms with Crippen molar-refractivity contribution in [1.82, 2.24) is 9.29 Å². The van der Waals surface area contributed by atoms with E-state index in [2.05, 4.69) is 4.98 Å². The molecule has 3 aromatic rings. The average molecular weight is 381 g/mol. The first kappa shape index (κ1) is 17.6. The number of furan rings is 1. The second kappa shape index (κ2) is 7.35. The maximum atomic E-state index is 13.4.